The largest absolute Gasteiger partial charge is 0.327 e. The van der Waals surface area contributed by atoms with Gasteiger partial charge in [-0.05, 0) is 19.9 Å². The number of H-pyrrole nitrogens is 1. The highest BCUT2D eigenvalue weighted by Gasteiger charge is 2.07. The average Bonchev–Trinajstić information content (AvgIpc) is 2.27. The highest BCUT2D eigenvalue weighted by Crippen LogP contribution is 2.09. The van der Waals surface area contributed by atoms with Gasteiger partial charge in [0.1, 0.15) is 11.3 Å². The van der Waals surface area contributed by atoms with Crippen molar-refractivity contribution in [3.63, 3.8) is 0 Å². The van der Waals surface area contributed by atoms with E-state index >= 15 is 0 Å². The van der Waals surface area contributed by atoms with E-state index in [9.17, 15) is 4.79 Å². The molecule has 4 nitrogen and oxygen atoms in total. The molecule has 13 heavy (non-hydrogen) atoms. The Morgan fingerprint density at radius 3 is 2.85 bits per heavy atom. The molecule has 0 aliphatic heterocycles. The number of aromatic amines is 1. The molecule has 0 radical (unpaired) electrons. The molecule has 0 atom stereocenters. The Hall–Kier alpha value is -1.58. The number of nitrogens with zero attached hydrogens (tertiary/aromatic N) is 2. The van der Waals surface area contributed by atoms with Gasteiger partial charge in [0.25, 0.3) is 5.56 Å². The molecule has 2 rings (SSSR count). The van der Waals surface area contributed by atoms with Gasteiger partial charge < -0.3 is 9.55 Å². The predicted octanol–water partition coefficient (Wildman–Crippen LogP) is 0.878. The molecule has 0 unspecified atom stereocenters. The number of hydrogen-bond donors (Lipinski definition) is 1. The van der Waals surface area contributed by atoms with Crippen LogP contribution >= 0.6 is 0 Å². The Bertz CT molecular complexity index is 521. The minimum absolute atomic E-state index is 0.0712. The van der Waals surface area contributed by atoms with Crippen LogP contribution in [-0.4, -0.2) is 14.5 Å². The molecule has 0 aromatic carbocycles. The van der Waals surface area contributed by atoms with E-state index in [1.165, 1.54) is 0 Å². The van der Waals surface area contributed by atoms with Crippen molar-refractivity contribution in [2.75, 3.05) is 0 Å². The molecule has 0 bridgehead atoms. The third kappa shape index (κ3) is 1.06. The number of aromatic nitrogens is 3. The number of imidazole rings is 1. The first-order valence-electron chi connectivity index (χ1n) is 4.12. The van der Waals surface area contributed by atoms with Crippen LogP contribution in [-0.2, 0) is 7.05 Å². The highest BCUT2D eigenvalue weighted by atomic mass is 16.1. The number of fused-ring (bicyclic) bond motifs is 1. The van der Waals surface area contributed by atoms with Crippen LogP contribution in [0.25, 0.3) is 11.0 Å². The van der Waals surface area contributed by atoms with Crippen molar-refractivity contribution in [3.8, 4) is 0 Å². The van der Waals surface area contributed by atoms with E-state index in [1.807, 2.05) is 27.0 Å². The third-order valence-corrected chi connectivity index (χ3v) is 2.22. The molecule has 68 valence electrons. The molecule has 0 saturated carbocycles. The van der Waals surface area contributed by atoms with Crippen LogP contribution < -0.4 is 5.56 Å². The minimum Gasteiger partial charge on any atom is -0.327 e. The van der Waals surface area contributed by atoms with Crippen molar-refractivity contribution in [2.24, 2.45) is 7.05 Å². The molecule has 4 heteroatoms. The van der Waals surface area contributed by atoms with Gasteiger partial charge in [-0.3, -0.25) is 4.79 Å². The summed E-state index contributed by atoms with van der Waals surface area (Å²) in [5, 5.41) is 0. The first-order chi connectivity index (χ1) is 6.09. The number of nitrogens with one attached hydrogen (secondary N) is 1. The maximum absolute atomic E-state index is 11.5. The molecule has 2 aromatic rings. The van der Waals surface area contributed by atoms with Crippen LogP contribution in [0.5, 0.6) is 0 Å². The summed E-state index contributed by atoms with van der Waals surface area (Å²) in [5.41, 5.74) is 2.18. The summed E-state index contributed by atoms with van der Waals surface area (Å²) < 4.78 is 1.80. The Kier molecular flexibility index (Phi) is 1.52. The fraction of sp³-hybridized carbons (Fsp3) is 0.333. The zero-order valence-electron chi connectivity index (χ0n) is 7.88. The molecule has 2 aromatic heterocycles. The average molecular weight is 177 g/mol. The molecule has 0 amide bonds. The summed E-state index contributed by atoms with van der Waals surface area (Å²) in [6, 6.07) is 1.88. The Labute approximate surface area is 75.2 Å². The van der Waals surface area contributed by atoms with E-state index < -0.39 is 0 Å². The second-order valence-electron chi connectivity index (χ2n) is 3.23. The lowest BCUT2D eigenvalue weighted by Gasteiger charge is -1.95. The molecular formula is C9H11N3O. The van der Waals surface area contributed by atoms with E-state index in [1.54, 1.807) is 4.57 Å². The fourth-order valence-electron chi connectivity index (χ4n) is 1.48. The van der Waals surface area contributed by atoms with Gasteiger partial charge in [0.05, 0.1) is 5.52 Å². The molecule has 0 aliphatic rings. The summed E-state index contributed by atoms with van der Waals surface area (Å²) in [5.74, 6) is 0.853. The number of aryl methyl sites for hydroxylation is 3. The summed E-state index contributed by atoms with van der Waals surface area (Å²) in [7, 11) is 1.84. The van der Waals surface area contributed by atoms with Crippen LogP contribution in [0.15, 0.2) is 10.9 Å². The molecule has 2 heterocycles. The second kappa shape index (κ2) is 2.45. The van der Waals surface area contributed by atoms with Crippen LogP contribution in [0.1, 0.15) is 11.5 Å². The summed E-state index contributed by atoms with van der Waals surface area (Å²) in [6.45, 7) is 3.74. The van der Waals surface area contributed by atoms with Crippen molar-refractivity contribution in [3.05, 3.63) is 27.9 Å². The zero-order valence-corrected chi connectivity index (χ0v) is 7.88. The van der Waals surface area contributed by atoms with Crippen LogP contribution in [0.3, 0.4) is 0 Å². The Morgan fingerprint density at radius 1 is 1.46 bits per heavy atom. The van der Waals surface area contributed by atoms with Gasteiger partial charge in [-0.15, -0.1) is 0 Å². The van der Waals surface area contributed by atoms with Gasteiger partial charge in [0.15, 0.2) is 0 Å². The Balaban J connectivity index is 3.03. The lowest BCUT2D eigenvalue weighted by atomic mass is 10.3. The smallest absolute Gasteiger partial charge is 0.274 e. The molecular weight excluding hydrogens is 166 g/mol. The number of pyridine rings is 1. The second-order valence-corrected chi connectivity index (χ2v) is 3.23. The van der Waals surface area contributed by atoms with Gasteiger partial charge >= 0.3 is 0 Å². The van der Waals surface area contributed by atoms with Crippen molar-refractivity contribution in [1.82, 2.24) is 14.5 Å². The van der Waals surface area contributed by atoms with Gasteiger partial charge in [0.2, 0.25) is 0 Å². The first kappa shape index (κ1) is 8.04. The highest BCUT2D eigenvalue weighted by molar-refractivity contribution is 5.75. The van der Waals surface area contributed by atoms with Crippen LogP contribution in [0.2, 0.25) is 0 Å². The van der Waals surface area contributed by atoms with Crippen molar-refractivity contribution in [1.29, 1.82) is 0 Å². The van der Waals surface area contributed by atoms with Gasteiger partial charge in [-0.2, -0.15) is 0 Å². The molecule has 0 fully saturated rings. The fourth-order valence-corrected chi connectivity index (χ4v) is 1.48. The normalized spacial score (nSPS) is 11.0. The summed E-state index contributed by atoms with van der Waals surface area (Å²) in [4.78, 5) is 18.5. The summed E-state index contributed by atoms with van der Waals surface area (Å²) >= 11 is 0. The van der Waals surface area contributed by atoms with E-state index in [2.05, 4.69) is 9.97 Å². The van der Waals surface area contributed by atoms with Crippen molar-refractivity contribution >= 4 is 11.0 Å². The quantitative estimate of drug-likeness (QED) is 0.649. The molecule has 1 N–H and O–H groups in total. The molecule has 0 saturated heterocycles. The Morgan fingerprint density at radius 2 is 2.15 bits per heavy atom. The monoisotopic (exact) mass is 177 g/mol. The van der Waals surface area contributed by atoms with Crippen LogP contribution in [0, 0.1) is 13.8 Å². The maximum atomic E-state index is 11.5. The van der Waals surface area contributed by atoms with E-state index in [0.29, 0.717) is 5.52 Å². The van der Waals surface area contributed by atoms with Gasteiger partial charge in [-0.25, -0.2) is 4.98 Å². The van der Waals surface area contributed by atoms with E-state index in [0.717, 1.165) is 17.0 Å². The van der Waals surface area contributed by atoms with Crippen LogP contribution in [0.4, 0.5) is 0 Å². The SMILES string of the molecule is Cc1cc2nc(C)n(C)c2c(=O)[nH]1. The number of hydrogen-bond acceptors (Lipinski definition) is 2. The number of rotatable bonds is 0. The zero-order chi connectivity index (χ0) is 9.59. The maximum Gasteiger partial charge on any atom is 0.274 e. The lowest BCUT2D eigenvalue weighted by molar-refractivity contribution is 0.880. The lowest BCUT2D eigenvalue weighted by Crippen LogP contribution is -2.10. The van der Waals surface area contributed by atoms with Gasteiger partial charge in [0, 0.05) is 12.7 Å². The molecule has 0 spiro atoms. The minimum atomic E-state index is -0.0712. The van der Waals surface area contributed by atoms with Gasteiger partial charge in [-0.1, -0.05) is 0 Å². The van der Waals surface area contributed by atoms with Crippen molar-refractivity contribution in [2.45, 2.75) is 13.8 Å². The first-order valence-corrected chi connectivity index (χ1v) is 4.12. The predicted molar refractivity (Wildman–Crippen MR) is 50.8 cm³/mol. The van der Waals surface area contributed by atoms with E-state index in [4.69, 9.17) is 0 Å². The molecule has 0 aliphatic carbocycles. The third-order valence-electron chi connectivity index (χ3n) is 2.22. The topological polar surface area (TPSA) is 50.7 Å². The van der Waals surface area contributed by atoms with Crippen molar-refractivity contribution < 1.29 is 0 Å². The standard InChI is InChI=1S/C9H11N3O/c1-5-4-7-8(9(13)10-5)12(3)6(2)11-7/h4H,1-3H3,(H,10,13). The van der Waals surface area contributed by atoms with E-state index in [-0.39, 0.29) is 5.56 Å². The summed E-state index contributed by atoms with van der Waals surface area (Å²) in [6.07, 6.45) is 0.